The number of hydrogen-bond acceptors (Lipinski definition) is 5. The van der Waals surface area contributed by atoms with Gasteiger partial charge in [-0.1, -0.05) is 12.1 Å². The summed E-state index contributed by atoms with van der Waals surface area (Å²) < 4.78 is 0. The van der Waals surface area contributed by atoms with Crippen LogP contribution in [0.15, 0.2) is 18.2 Å². The second kappa shape index (κ2) is 7.40. The van der Waals surface area contributed by atoms with Crippen molar-refractivity contribution in [1.82, 2.24) is 20.4 Å². The summed E-state index contributed by atoms with van der Waals surface area (Å²) in [7, 11) is 2.14. The van der Waals surface area contributed by atoms with E-state index >= 15 is 0 Å². The van der Waals surface area contributed by atoms with Gasteiger partial charge in [0.15, 0.2) is 0 Å². The molecule has 0 saturated carbocycles. The van der Waals surface area contributed by atoms with Crippen molar-refractivity contribution in [2.75, 3.05) is 20.1 Å². The van der Waals surface area contributed by atoms with Crippen LogP contribution < -0.4 is 10.6 Å². The molecule has 7 nitrogen and oxygen atoms in total. The number of hydrogen-bond donors (Lipinski definition) is 2. The first kappa shape index (κ1) is 18.1. The molecule has 0 spiro atoms. The summed E-state index contributed by atoms with van der Waals surface area (Å²) in [5.41, 5.74) is 2.77. The van der Waals surface area contributed by atoms with Crippen molar-refractivity contribution in [1.29, 1.82) is 0 Å². The third-order valence-corrected chi connectivity index (χ3v) is 5.96. The summed E-state index contributed by atoms with van der Waals surface area (Å²) >= 11 is 0. The lowest BCUT2D eigenvalue weighted by molar-refractivity contribution is -0.136. The van der Waals surface area contributed by atoms with Crippen LogP contribution in [-0.2, 0) is 22.7 Å². The molecule has 3 heterocycles. The minimum absolute atomic E-state index is 0.106. The van der Waals surface area contributed by atoms with E-state index in [1.165, 1.54) is 0 Å². The van der Waals surface area contributed by atoms with Crippen LogP contribution in [0.3, 0.4) is 0 Å². The Bertz CT molecular complexity index is 772. The highest BCUT2D eigenvalue weighted by atomic mass is 16.2. The number of carbonyl (C=O) groups is 3. The Balaban J connectivity index is 1.46. The lowest BCUT2D eigenvalue weighted by Gasteiger charge is -2.31. The number of rotatable bonds is 4. The van der Waals surface area contributed by atoms with Gasteiger partial charge < -0.3 is 10.2 Å². The fourth-order valence-corrected chi connectivity index (χ4v) is 4.36. The maximum atomic E-state index is 12.9. The third kappa shape index (κ3) is 3.61. The minimum Gasteiger partial charge on any atom is -0.322 e. The molecule has 2 N–H and O–H groups in total. The Morgan fingerprint density at radius 1 is 1.15 bits per heavy atom. The number of nitrogens with zero attached hydrogens (tertiary/aromatic N) is 2. The highest BCUT2D eigenvalue weighted by molar-refractivity contribution is 6.05. The zero-order chi connectivity index (χ0) is 19.0. The lowest BCUT2D eigenvalue weighted by Crippen LogP contribution is -2.52. The van der Waals surface area contributed by atoms with Gasteiger partial charge in [0, 0.05) is 31.1 Å². The van der Waals surface area contributed by atoms with Gasteiger partial charge in [0.1, 0.15) is 6.04 Å². The number of carbonyl (C=O) groups excluding carboxylic acids is 3. The quantitative estimate of drug-likeness (QED) is 0.760. The average molecular weight is 370 g/mol. The molecule has 27 heavy (non-hydrogen) atoms. The predicted molar refractivity (Wildman–Crippen MR) is 99.8 cm³/mol. The van der Waals surface area contributed by atoms with Crippen LogP contribution in [-0.4, -0.2) is 59.7 Å². The van der Waals surface area contributed by atoms with Gasteiger partial charge >= 0.3 is 0 Å². The van der Waals surface area contributed by atoms with E-state index in [9.17, 15) is 14.4 Å². The number of imide groups is 1. The standard InChI is InChI=1S/C20H26N4O3/c1-23(15-6-8-21-9-7-15)11-13-2-3-14-12-24(20(27)16(14)10-13)17-4-5-18(25)22-19(17)26/h2-3,10,15,17,21H,4-9,11-12H2,1H3,(H,22,25,26). The van der Waals surface area contributed by atoms with Crippen LogP contribution in [0, 0.1) is 0 Å². The van der Waals surface area contributed by atoms with E-state index < -0.39 is 6.04 Å². The number of benzene rings is 1. The summed E-state index contributed by atoms with van der Waals surface area (Å²) in [5, 5.41) is 5.73. The van der Waals surface area contributed by atoms with Crippen LogP contribution in [0.5, 0.6) is 0 Å². The van der Waals surface area contributed by atoms with E-state index in [4.69, 9.17) is 0 Å². The molecule has 3 aliphatic heterocycles. The van der Waals surface area contributed by atoms with Crippen LogP contribution >= 0.6 is 0 Å². The minimum atomic E-state index is -0.552. The molecule has 0 aromatic heterocycles. The highest BCUT2D eigenvalue weighted by Gasteiger charge is 2.39. The zero-order valence-electron chi connectivity index (χ0n) is 15.7. The normalized spacial score (nSPS) is 23.7. The summed E-state index contributed by atoms with van der Waals surface area (Å²) in [6.45, 7) is 3.35. The molecule has 1 aromatic carbocycles. The van der Waals surface area contributed by atoms with Gasteiger partial charge in [-0.25, -0.2) is 0 Å². The third-order valence-electron chi connectivity index (χ3n) is 5.96. The molecule has 2 saturated heterocycles. The molecule has 7 heteroatoms. The summed E-state index contributed by atoms with van der Waals surface area (Å²) in [6, 6.07) is 6.07. The van der Waals surface area contributed by atoms with Gasteiger partial charge in [-0.15, -0.1) is 0 Å². The smallest absolute Gasteiger partial charge is 0.255 e. The molecule has 4 rings (SSSR count). The molecule has 2 fully saturated rings. The van der Waals surface area contributed by atoms with E-state index in [1.54, 1.807) is 4.90 Å². The number of amides is 3. The molecule has 3 aliphatic rings. The first-order valence-corrected chi connectivity index (χ1v) is 9.70. The molecule has 0 bridgehead atoms. The number of fused-ring (bicyclic) bond motifs is 1. The molecule has 3 amide bonds. The monoisotopic (exact) mass is 370 g/mol. The van der Waals surface area contributed by atoms with E-state index in [-0.39, 0.29) is 24.1 Å². The summed E-state index contributed by atoms with van der Waals surface area (Å²) in [4.78, 5) is 40.4. The maximum Gasteiger partial charge on any atom is 0.255 e. The first-order valence-electron chi connectivity index (χ1n) is 9.70. The van der Waals surface area contributed by atoms with Gasteiger partial charge in [-0.05, 0) is 56.6 Å². The van der Waals surface area contributed by atoms with Gasteiger partial charge in [0.2, 0.25) is 11.8 Å². The van der Waals surface area contributed by atoms with Gasteiger partial charge in [-0.3, -0.25) is 24.6 Å². The zero-order valence-corrected chi connectivity index (χ0v) is 15.7. The highest BCUT2D eigenvalue weighted by Crippen LogP contribution is 2.28. The van der Waals surface area contributed by atoms with Crippen molar-refractivity contribution in [3.8, 4) is 0 Å². The number of nitrogens with one attached hydrogen (secondary N) is 2. The fraction of sp³-hybridized carbons (Fsp3) is 0.550. The van der Waals surface area contributed by atoms with Gasteiger partial charge in [-0.2, -0.15) is 0 Å². The van der Waals surface area contributed by atoms with Crippen molar-refractivity contribution in [2.45, 2.75) is 50.9 Å². The van der Waals surface area contributed by atoms with Crippen LogP contribution in [0.4, 0.5) is 0 Å². The van der Waals surface area contributed by atoms with Crippen molar-refractivity contribution >= 4 is 17.7 Å². The molecular weight excluding hydrogens is 344 g/mol. The SMILES string of the molecule is CN(Cc1ccc2c(c1)C(=O)N(C1CCC(=O)NC1=O)C2)C1CCNCC1. The molecule has 0 aliphatic carbocycles. The second-order valence-corrected chi connectivity index (χ2v) is 7.79. The predicted octanol–water partition coefficient (Wildman–Crippen LogP) is 0.631. The second-order valence-electron chi connectivity index (χ2n) is 7.79. The van der Waals surface area contributed by atoms with Crippen molar-refractivity contribution in [2.24, 2.45) is 0 Å². The fourth-order valence-electron chi connectivity index (χ4n) is 4.36. The van der Waals surface area contributed by atoms with E-state index in [0.29, 0.717) is 24.6 Å². The molecule has 144 valence electrons. The maximum absolute atomic E-state index is 12.9. The van der Waals surface area contributed by atoms with Crippen LogP contribution in [0.1, 0.15) is 47.2 Å². The average Bonchev–Trinajstić information content (AvgIpc) is 2.99. The van der Waals surface area contributed by atoms with Crippen molar-refractivity contribution in [3.05, 3.63) is 34.9 Å². The molecule has 1 atom stereocenters. The molecular formula is C20H26N4O3. The Morgan fingerprint density at radius 3 is 2.67 bits per heavy atom. The Morgan fingerprint density at radius 2 is 1.93 bits per heavy atom. The van der Waals surface area contributed by atoms with Crippen LogP contribution in [0.2, 0.25) is 0 Å². The number of piperidine rings is 2. The summed E-state index contributed by atoms with van der Waals surface area (Å²) in [5.74, 6) is -0.729. The summed E-state index contributed by atoms with van der Waals surface area (Å²) in [6.07, 6.45) is 2.96. The lowest BCUT2D eigenvalue weighted by atomic mass is 10.0. The van der Waals surface area contributed by atoms with E-state index in [2.05, 4.69) is 28.6 Å². The molecule has 1 aromatic rings. The Kier molecular flexibility index (Phi) is 4.97. The van der Waals surface area contributed by atoms with Gasteiger partial charge in [0.25, 0.3) is 5.91 Å². The van der Waals surface area contributed by atoms with E-state index in [1.807, 2.05) is 12.1 Å². The first-order chi connectivity index (χ1) is 13.0. The Labute approximate surface area is 159 Å². The molecule has 1 unspecified atom stereocenters. The van der Waals surface area contributed by atoms with Gasteiger partial charge in [0.05, 0.1) is 0 Å². The topological polar surface area (TPSA) is 81.8 Å². The largest absolute Gasteiger partial charge is 0.322 e. The van der Waals surface area contributed by atoms with Crippen molar-refractivity contribution in [3.63, 3.8) is 0 Å². The molecule has 0 radical (unpaired) electrons. The Hall–Kier alpha value is -2.25. The van der Waals surface area contributed by atoms with Crippen LogP contribution in [0.25, 0.3) is 0 Å². The van der Waals surface area contributed by atoms with Crippen molar-refractivity contribution < 1.29 is 14.4 Å². The van der Waals surface area contributed by atoms with E-state index in [0.717, 1.165) is 43.6 Å².